The summed E-state index contributed by atoms with van der Waals surface area (Å²) < 4.78 is 10.2. The van der Waals surface area contributed by atoms with Crippen LogP contribution in [0.5, 0.6) is 11.5 Å². The molecule has 1 aromatic rings. The van der Waals surface area contributed by atoms with Gasteiger partial charge in [0, 0.05) is 6.07 Å². The molecule has 0 bridgehead atoms. The Kier molecular flexibility index (Phi) is 3.35. The number of hydrogen-bond acceptors (Lipinski definition) is 3. The molecule has 0 saturated carbocycles. The fourth-order valence-corrected chi connectivity index (χ4v) is 1.15. The van der Waals surface area contributed by atoms with Gasteiger partial charge in [0.25, 0.3) is 0 Å². The summed E-state index contributed by atoms with van der Waals surface area (Å²) in [7, 11) is 3.19. The van der Waals surface area contributed by atoms with E-state index in [0.717, 1.165) is 5.56 Å². The second kappa shape index (κ2) is 4.52. The first kappa shape index (κ1) is 10.4. The van der Waals surface area contributed by atoms with Crippen LogP contribution in [0.25, 0.3) is 0 Å². The van der Waals surface area contributed by atoms with Gasteiger partial charge in [0.15, 0.2) is 0 Å². The van der Waals surface area contributed by atoms with Crippen LogP contribution < -0.4 is 9.47 Å². The monoisotopic (exact) mass is 191 g/mol. The van der Waals surface area contributed by atoms with E-state index in [4.69, 9.17) is 14.7 Å². The van der Waals surface area contributed by atoms with Crippen LogP contribution in [0.3, 0.4) is 0 Å². The first-order valence-electron chi connectivity index (χ1n) is 4.34. The van der Waals surface area contributed by atoms with E-state index >= 15 is 0 Å². The minimum absolute atomic E-state index is 0.154. The SMILES string of the molecule is COc1cc(OC)cc(C(C)C#N)c1. The van der Waals surface area contributed by atoms with E-state index in [0.29, 0.717) is 11.5 Å². The Morgan fingerprint density at radius 3 is 2.00 bits per heavy atom. The molecule has 0 spiro atoms. The molecule has 0 saturated heterocycles. The highest BCUT2D eigenvalue weighted by molar-refractivity contribution is 5.41. The zero-order valence-electron chi connectivity index (χ0n) is 8.57. The summed E-state index contributed by atoms with van der Waals surface area (Å²) in [6.45, 7) is 1.84. The molecule has 1 rings (SSSR count). The molecule has 74 valence electrons. The van der Waals surface area contributed by atoms with E-state index in [-0.39, 0.29) is 5.92 Å². The number of nitrogens with zero attached hydrogens (tertiary/aromatic N) is 1. The fraction of sp³-hybridized carbons (Fsp3) is 0.364. The van der Waals surface area contributed by atoms with Crippen LogP contribution >= 0.6 is 0 Å². The van der Waals surface area contributed by atoms with Gasteiger partial charge in [-0.1, -0.05) is 0 Å². The molecule has 3 nitrogen and oxygen atoms in total. The molecule has 0 heterocycles. The van der Waals surface area contributed by atoms with Crippen LogP contribution in [0, 0.1) is 11.3 Å². The van der Waals surface area contributed by atoms with Crippen molar-refractivity contribution in [2.75, 3.05) is 14.2 Å². The van der Waals surface area contributed by atoms with Crippen molar-refractivity contribution in [1.29, 1.82) is 5.26 Å². The molecule has 0 aliphatic heterocycles. The Morgan fingerprint density at radius 1 is 1.14 bits per heavy atom. The second-order valence-corrected chi connectivity index (χ2v) is 3.00. The van der Waals surface area contributed by atoms with Crippen molar-refractivity contribution < 1.29 is 9.47 Å². The highest BCUT2D eigenvalue weighted by atomic mass is 16.5. The number of nitriles is 1. The third kappa shape index (κ3) is 2.17. The predicted octanol–water partition coefficient (Wildman–Crippen LogP) is 2.33. The summed E-state index contributed by atoms with van der Waals surface area (Å²) in [6.07, 6.45) is 0. The van der Waals surface area contributed by atoms with Crippen molar-refractivity contribution in [3.63, 3.8) is 0 Å². The standard InChI is InChI=1S/C11H13NO2/c1-8(7-12)9-4-10(13-2)6-11(5-9)14-3/h4-6,8H,1-3H3. The maximum Gasteiger partial charge on any atom is 0.122 e. The predicted molar refractivity (Wildman–Crippen MR) is 53.6 cm³/mol. The lowest BCUT2D eigenvalue weighted by atomic mass is 10.0. The van der Waals surface area contributed by atoms with Gasteiger partial charge in [-0.15, -0.1) is 0 Å². The van der Waals surface area contributed by atoms with E-state index in [1.165, 1.54) is 0 Å². The van der Waals surface area contributed by atoms with Crippen molar-refractivity contribution in [2.45, 2.75) is 12.8 Å². The van der Waals surface area contributed by atoms with E-state index in [9.17, 15) is 0 Å². The third-order valence-electron chi connectivity index (χ3n) is 2.07. The van der Waals surface area contributed by atoms with E-state index < -0.39 is 0 Å². The summed E-state index contributed by atoms with van der Waals surface area (Å²) in [5.74, 6) is 1.27. The molecule has 0 amide bonds. The number of ether oxygens (including phenoxy) is 2. The van der Waals surface area contributed by atoms with Gasteiger partial charge in [-0.3, -0.25) is 0 Å². The lowest BCUT2D eigenvalue weighted by Crippen LogP contribution is -1.93. The molecule has 0 aliphatic carbocycles. The quantitative estimate of drug-likeness (QED) is 0.736. The summed E-state index contributed by atoms with van der Waals surface area (Å²) in [6, 6.07) is 7.65. The molecule has 1 atom stereocenters. The zero-order chi connectivity index (χ0) is 10.6. The van der Waals surface area contributed by atoms with E-state index in [1.54, 1.807) is 20.3 Å². The average molecular weight is 191 g/mol. The Hall–Kier alpha value is -1.69. The summed E-state index contributed by atoms with van der Waals surface area (Å²) in [4.78, 5) is 0. The van der Waals surface area contributed by atoms with Gasteiger partial charge >= 0.3 is 0 Å². The number of rotatable bonds is 3. The van der Waals surface area contributed by atoms with Crippen LogP contribution in [-0.4, -0.2) is 14.2 Å². The highest BCUT2D eigenvalue weighted by Crippen LogP contribution is 2.26. The summed E-state index contributed by atoms with van der Waals surface area (Å²) >= 11 is 0. The number of benzene rings is 1. The number of methoxy groups -OCH3 is 2. The lowest BCUT2D eigenvalue weighted by molar-refractivity contribution is 0.393. The Labute approximate surface area is 83.9 Å². The fourth-order valence-electron chi connectivity index (χ4n) is 1.15. The van der Waals surface area contributed by atoms with Crippen LogP contribution in [0.15, 0.2) is 18.2 Å². The molecule has 1 aromatic carbocycles. The minimum atomic E-state index is -0.154. The van der Waals surface area contributed by atoms with Crippen LogP contribution in [0.2, 0.25) is 0 Å². The van der Waals surface area contributed by atoms with Gasteiger partial charge in [-0.25, -0.2) is 0 Å². The molecular weight excluding hydrogens is 178 g/mol. The molecule has 14 heavy (non-hydrogen) atoms. The highest BCUT2D eigenvalue weighted by Gasteiger charge is 2.07. The third-order valence-corrected chi connectivity index (χ3v) is 2.07. The van der Waals surface area contributed by atoms with Gasteiger partial charge in [0.2, 0.25) is 0 Å². The van der Waals surface area contributed by atoms with Crippen molar-refractivity contribution in [2.24, 2.45) is 0 Å². The number of hydrogen-bond donors (Lipinski definition) is 0. The van der Waals surface area contributed by atoms with Gasteiger partial charge in [-0.2, -0.15) is 5.26 Å². The molecule has 0 radical (unpaired) electrons. The van der Waals surface area contributed by atoms with E-state index in [2.05, 4.69) is 6.07 Å². The van der Waals surface area contributed by atoms with Gasteiger partial charge in [0.05, 0.1) is 26.2 Å². The van der Waals surface area contributed by atoms with Crippen molar-refractivity contribution in [1.82, 2.24) is 0 Å². The molecule has 0 aliphatic rings. The minimum Gasteiger partial charge on any atom is -0.497 e. The van der Waals surface area contributed by atoms with Crippen molar-refractivity contribution >= 4 is 0 Å². The first-order chi connectivity index (χ1) is 6.71. The summed E-state index contributed by atoms with van der Waals surface area (Å²) in [5.41, 5.74) is 0.906. The molecule has 0 aromatic heterocycles. The lowest BCUT2D eigenvalue weighted by Gasteiger charge is -2.09. The van der Waals surface area contributed by atoms with E-state index in [1.807, 2.05) is 19.1 Å². The molecule has 0 fully saturated rings. The first-order valence-corrected chi connectivity index (χ1v) is 4.34. The van der Waals surface area contributed by atoms with Crippen LogP contribution in [-0.2, 0) is 0 Å². The van der Waals surface area contributed by atoms with Crippen molar-refractivity contribution in [3.05, 3.63) is 23.8 Å². The zero-order valence-corrected chi connectivity index (χ0v) is 8.57. The smallest absolute Gasteiger partial charge is 0.122 e. The molecular formula is C11H13NO2. The maximum atomic E-state index is 8.78. The molecule has 3 heteroatoms. The van der Waals surface area contributed by atoms with Crippen LogP contribution in [0.4, 0.5) is 0 Å². The Bertz CT molecular complexity index is 333. The Balaban J connectivity index is 3.12. The molecule has 0 N–H and O–H groups in total. The summed E-state index contributed by atoms with van der Waals surface area (Å²) in [5, 5.41) is 8.78. The van der Waals surface area contributed by atoms with Crippen molar-refractivity contribution in [3.8, 4) is 17.6 Å². The van der Waals surface area contributed by atoms with Gasteiger partial charge < -0.3 is 9.47 Å². The maximum absolute atomic E-state index is 8.78. The normalized spacial score (nSPS) is 11.6. The van der Waals surface area contributed by atoms with Gasteiger partial charge in [0.1, 0.15) is 11.5 Å². The van der Waals surface area contributed by atoms with Crippen LogP contribution in [0.1, 0.15) is 18.4 Å². The van der Waals surface area contributed by atoms with Gasteiger partial charge in [-0.05, 0) is 24.6 Å². The average Bonchev–Trinajstić information content (AvgIpc) is 2.27. The Morgan fingerprint density at radius 2 is 1.64 bits per heavy atom. The largest absolute Gasteiger partial charge is 0.497 e. The second-order valence-electron chi connectivity index (χ2n) is 3.00. The molecule has 1 unspecified atom stereocenters. The topological polar surface area (TPSA) is 42.2 Å².